The Morgan fingerprint density at radius 2 is 1.86 bits per heavy atom. The third-order valence-electron chi connectivity index (χ3n) is 3.16. The van der Waals surface area contributed by atoms with Crippen molar-refractivity contribution in [1.29, 1.82) is 0 Å². The van der Waals surface area contributed by atoms with Crippen molar-refractivity contribution >= 4 is 12.1 Å². The molecule has 0 spiro atoms. The number of rotatable bonds is 7. The van der Waals surface area contributed by atoms with Crippen molar-refractivity contribution in [3.05, 3.63) is 41.1 Å². The number of nitrogens with zero attached hydrogens (tertiary/aromatic N) is 1. The summed E-state index contributed by atoms with van der Waals surface area (Å²) >= 11 is 0. The molecule has 21 heavy (non-hydrogen) atoms. The summed E-state index contributed by atoms with van der Waals surface area (Å²) in [7, 11) is 0. The molecule has 0 aliphatic carbocycles. The third kappa shape index (κ3) is 6.93. The van der Waals surface area contributed by atoms with Gasteiger partial charge in [0, 0.05) is 39.3 Å². The van der Waals surface area contributed by atoms with Crippen LogP contribution in [0, 0.1) is 5.21 Å². The second kappa shape index (κ2) is 8.45. The summed E-state index contributed by atoms with van der Waals surface area (Å²) in [5, 5.41) is 14.5. The average molecular weight is 290 g/mol. The van der Waals surface area contributed by atoms with Gasteiger partial charge in [-0.05, 0) is 25.0 Å². The second-order valence-corrected chi connectivity index (χ2v) is 6.15. The van der Waals surface area contributed by atoms with E-state index in [9.17, 15) is 10.0 Å². The predicted octanol–water partition coefficient (Wildman–Crippen LogP) is 3.36. The SMILES string of the molecule is CC(C)(C)/[N+]([O-])=C/CCCCCNC(=O)c1ccccc1. The third-order valence-corrected chi connectivity index (χ3v) is 3.16. The van der Waals surface area contributed by atoms with Crippen LogP contribution in [0.15, 0.2) is 30.3 Å². The van der Waals surface area contributed by atoms with Crippen LogP contribution in [0.3, 0.4) is 0 Å². The molecule has 4 nitrogen and oxygen atoms in total. The molecule has 0 saturated heterocycles. The van der Waals surface area contributed by atoms with Crippen LogP contribution in [0.4, 0.5) is 0 Å². The maximum Gasteiger partial charge on any atom is 0.251 e. The largest absolute Gasteiger partial charge is 0.624 e. The number of amides is 1. The van der Waals surface area contributed by atoms with Crippen LogP contribution in [-0.4, -0.2) is 28.9 Å². The Balaban J connectivity index is 2.12. The smallest absolute Gasteiger partial charge is 0.251 e. The van der Waals surface area contributed by atoms with Crippen LogP contribution in [0.25, 0.3) is 0 Å². The fourth-order valence-electron chi connectivity index (χ4n) is 1.82. The molecular formula is C17H26N2O2. The van der Waals surface area contributed by atoms with E-state index in [0.717, 1.165) is 30.4 Å². The van der Waals surface area contributed by atoms with Crippen LogP contribution >= 0.6 is 0 Å². The first-order chi connectivity index (χ1) is 9.91. The van der Waals surface area contributed by atoms with Gasteiger partial charge in [0.2, 0.25) is 0 Å². The van der Waals surface area contributed by atoms with Crippen molar-refractivity contribution in [3.63, 3.8) is 0 Å². The van der Waals surface area contributed by atoms with Crippen molar-refractivity contribution in [2.75, 3.05) is 6.54 Å². The summed E-state index contributed by atoms with van der Waals surface area (Å²) in [5.41, 5.74) is 0.335. The summed E-state index contributed by atoms with van der Waals surface area (Å²) in [6, 6.07) is 9.21. The maximum absolute atomic E-state index is 11.8. The van der Waals surface area contributed by atoms with Crippen LogP contribution in [0.5, 0.6) is 0 Å². The molecule has 0 bridgehead atoms. The number of hydrogen-bond acceptors (Lipinski definition) is 2. The fourth-order valence-corrected chi connectivity index (χ4v) is 1.82. The number of nitrogens with one attached hydrogen (secondary N) is 1. The van der Waals surface area contributed by atoms with Crippen molar-refractivity contribution in [2.24, 2.45) is 0 Å². The minimum absolute atomic E-state index is 0.0272. The van der Waals surface area contributed by atoms with Crippen LogP contribution < -0.4 is 5.32 Å². The highest BCUT2D eigenvalue weighted by Crippen LogP contribution is 2.06. The molecule has 0 fully saturated rings. The molecule has 4 heteroatoms. The van der Waals surface area contributed by atoms with E-state index in [1.165, 1.54) is 0 Å². The summed E-state index contributed by atoms with van der Waals surface area (Å²) in [6.45, 7) is 6.37. The topological polar surface area (TPSA) is 55.2 Å². The number of hydrogen-bond donors (Lipinski definition) is 1. The van der Waals surface area contributed by atoms with Gasteiger partial charge >= 0.3 is 0 Å². The molecule has 116 valence electrons. The zero-order valence-corrected chi connectivity index (χ0v) is 13.3. The predicted molar refractivity (Wildman–Crippen MR) is 86.7 cm³/mol. The van der Waals surface area contributed by atoms with E-state index >= 15 is 0 Å². The van der Waals surface area contributed by atoms with Gasteiger partial charge in [0.25, 0.3) is 5.91 Å². The summed E-state index contributed by atoms with van der Waals surface area (Å²) in [6.07, 6.45) is 5.40. The van der Waals surface area contributed by atoms with Gasteiger partial charge in [-0.2, -0.15) is 0 Å². The minimum Gasteiger partial charge on any atom is -0.624 e. The maximum atomic E-state index is 11.8. The van der Waals surface area contributed by atoms with Gasteiger partial charge < -0.3 is 10.5 Å². The first-order valence-corrected chi connectivity index (χ1v) is 7.54. The number of hydroxylamine groups is 1. The Morgan fingerprint density at radius 1 is 1.19 bits per heavy atom. The highest BCUT2D eigenvalue weighted by atomic mass is 16.5. The van der Waals surface area contributed by atoms with Crippen LogP contribution in [0.1, 0.15) is 56.8 Å². The van der Waals surface area contributed by atoms with Gasteiger partial charge in [-0.3, -0.25) is 4.79 Å². The zero-order valence-electron chi connectivity index (χ0n) is 13.3. The van der Waals surface area contributed by atoms with Gasteiger partial charge in [0.1, 0.15) is 0 Å². The highest BCUT2D eigenvalue weighted by molar-refractivity contribution is 5.94. The van der Waals surface area contributed by atoms with E-state index in [4.69, 9.17) is 0 Å². The molecule has 1 rings (SSSR count). The molecule has 0 atom stereocenters. The average Bonchev–Trinajstić information content (AvgIpc) is 2.45. The van der Waals surface area contributed by atoms with Crippen LogP contribution in [-0.2, 0) is 0 Å². The van der Waals surface area contributed by atoms with Gasteiger partial charge in [-0.25, -0.2) is 4.74 Å². The lowest BCUT2D eigenvalue weighted by atomic mass is 10.1. The molecule has 1 aromatic rings. The lowest BCUT2D eigenvalue weighted by molar-refractivity contribution is -0.532. The molecular weight excluding hydrogens is 264 g/mol. The van der Waals surface area contributed by atoms with E-state index < -0.39 is 0 Å². The van der Waals surface area contributed by atoms with Crippen molar-refractivity contribution in [2.45, 2.75) is 52.0 Å². The van der Waals surface area contributed by atoms with E-state index in [1.807, 2.05) is 39.0 Å². The highest BCUT2D eigenvalue weighted by Gasteiger charge is 2.17. The molecule has 1 N–H and O–H groups in total. The van der Waals surface area contributed by atoms with Crippen molar-refractivity contribution in [3.8, 4) is 0 Å². The summed E-state index contributed by atoms with van der Waals surface area (Å²) in [5.74, 6) is -0.0272. The van der Waals surface area contributed by atoms with Crippen molar-refractivity contribution < 1.29 is 9.53 Å². The van der Waals surface area contributed by atoms with E-state index in [1.54, 1.807) is 18.3 Å². The van der Waals surface area contributed by atoms with Gasteiger partial charge in [-0.15, -0.1) is 0 Å². The van der Waals surface area contributed by atoms with Crippen molar-refractivity contribution in [1.82, 2.24) is 5.32 Å². The molecule has 0 unspecified atom stereocenters. The molecule has 0 radical (unpaired) electrons. The van der Waals surface area contributed by atoms with Crippen LogP contribution in [0.2, 0.25) is 0 Å². The lowest BCUT2D eigenvalue weighted by Crippen LogP contribution is -2.29. The lowest BCUT2D eigenvalue weighted by Gasteiger charge is -2.18. The first-order valence-electron chi connectivity index (χ1n) is 7.54. The number of carbonyl (C=O) groups excluding carboxylic acids is 1. The Kier molecular flexibility index (Phi) is 6.92. The molecule has 0 heterocycles. The number of benzene rings is 1. The number of carbonyl (C=O) groups is 1. The molecule has 0 aliphatic heterocycles. The normalized spacial score (nSPS) is 12.2. The van der Waals surface area contributed by atoms with Gasteiger partial charge in [0.15, 0.2) is 11.8 Å². The zero-order chi connectivity index (χ0) is 15.7. The summed E-state index contributed by atoms with van der Waals surface area (Å²) in [4.78, 5) is 11.8. The second-order valence-electron chi connectivity index (χ2n) is 6.15. The van der Waals surface area contributed by atoms with Gasteiger partial charge in [-0.1, -0.05) is 24.6 Å². The molecule has 0 aromatic heterocycles. The van der Waals surface area contributed by atoms with Gasteiger partial charge in [0.05, 0.1) is 0 Å². The molecule has 1 aromatic carbocycles. The first kappa shape index (κ1) is 17.2. The Morgan fingerprint density at radius 3 is 2.48 bits per heavy atom. The monoisotopic (exact) mass is 290 g/mol. The molecule has 0 aliphatic rings. The molecule has 0 saturated carbocycles. The Labute approximate surface area is 127 Å². The van der Waals surface area contributed by atoms with E-state index in [-0.39, 0.29) is 11.4 Å². The minimum atomic E-state index is -0.357. The fraction of sp³-hybridized carbons (Fsp3) is 0.529. The Bertz CT molecular complexity index is 461. The standard InChI is InChI=1S/C17H26N2O2/c1-17(2,3)19(21)14-10-5-4-9-13-18-16(20)15-11-7-6-8-12-15/h6-8,11-12,14H,4-5,9-10,13H2,1-3H3,(H,18,20)/b19-14-. The summed E-state index contributed by atoms with van der Waals surface area (Å²) < 4.78 is 1.02. The Hall–Kier alpha value is -1.84. The van der Waals surface area contributed by atoms with E-state index in [0.29, 0.717) is 12.1 Å². The van der Waals surface area contributed by atoms with E-state index in [2.05, 4.69) is 5.32 Å². The number of unbranched alkanes of at least 4 members (excludes halogenated alkanes) is 3. The quantitative estimate of drug-likeness (QED) is 0.275. The molecule has 1 amide bonds.